The number of benzene rings is 3. The van der Waals surface area contributed by atoms with Gasteiger partial charge in [-0.25, -0.2) is 13.8 Å². The van der Waals surface area contributed by atoms with Gasteiger partial charge in [-0.1, -0.05) is 42.5 Å². The number of halogens is 2. The van der Waals surface area contributed by atoms with Crippen LogP contribution in [0.4, 0.5) is 8.78 Å². The second kappa shape index (κ2) is 10.0. The molecule has 1 atom stereocenters. The maximum atomic E-state index is 13.6. The summed E-state index contributed by atoms with van der Waals surface area (Å²) >= 11 is 1.43. The predicted molar refractivity (Wildman–Crippen MR) is 139 cm³/mol. The lowest BCUT2D eigenvalue weighted by molar-refractivity contribution is 0.307. The third-order valence-corrected chi connectivity index (χ3v) is 8.12. The molecule has 1 aromatic heterocycles. The van der Waals surface area contributed by atoms with E-state index >= 15 is 0 Å². The van der Waals surface area contributed by atoms with Crippen LogP contribution in [0.5, 0.6) is 5.75 Å². The van der Waals surface area contributed by atoms with Crippen LogP contribution >= 0.6 is 11.8 Å². The van der Waals surface area contributed by atoms with E-state index in [2.05, 4.69) is 4.98 Å². The van der Waals surface area contributed by atoms with Gasteiger partial charge in [0, 0.05) is 22.8 Å². The average molecular weight is 526 g/mol. The number of fused-ring (bicyclic) bond motifs is 3. The van der Waals surface area contributed by atoms with Crippen LogP contribution in [0, 0.1) is 11.6 Å². The highest BCUT2D eigenvalue weighted by molar-refractivity contribution is 8.00. The molecular weight excluding hydrogens is 504 g/mol. The van der Waals surface area contributed by atoms with Crippen molar-refractivity contribution in [3.8, 4) is 5.75 Å². The Morgan fingerprint density at radius 2 is 1.81 bits per heavy atom. The Labute approximate surface area is 211 Å². The van der Waals surface area contributed by atoms with Crippen molar-refractivity contribution in [2.75, 3.05) is 11.5 Å². The van der Waals surface area contributed by atoms with Crippen molar-refractivity contribution in [2.24, 2.45) is 0 Å². The number of pyridine rings is 1. The number of ether oxygens (including phenoxy) is 1. The van der Waals surface area contributed by atoms with Crippen molar-refractivity contribution in [3.63, 3.8) is 0 Å². The molecule has 0 aliphatic carbocycles. The molecule has 1 aliphatic heterocycles. The molecule has 5 nitrogen and oxygen atoms in total. The van der Waals surface area contributed by atoms with Crippen molar-refractivity contribution < 1.29 is 26.5 Å². The highest BCUT2D eigenvalue weighted by atomic mass is 32.2. The summed E-state index contributed by atoms with van der Waals surface area (Å²) in [6.07, 6.45) is 3.65. The van der Waals surface area contributed by atoms with Gasteiger partial charge in [0.25, 0.3) is 10.1 Å². The maximum Gasteiger partial charge on any atom is 0.265 e. The summed E-state index contributed by atoms with van der Waals surface area (Å²) in [7, 11) is -4.07. The minimum Gasteiger partial charge on any atom is -0.489 e. The van der Waals surface area contributed by atoms with Crippen molar-refractivity contribution in [2.45, 2.75) is 11.9 Å². The largest absolute Gasteiger partial charge is 0.489 e. The average Bonchev–Trinajstić information content (AvgIpc) is 3.00. The fourth-order valence-corrected chi connectivity index (χ4v) is 6.35. The molecule has 1 aliphatic rings. The molecule has 9 heteroatoms. The third kappa shape index (κ3) is 5.43. The molecule has 1 N–H and O–H groups in total. The van der Waals surface area contributed by atoms with E-state index < -0.39 is 21.8 Å². The molecule has 184 valence electrons. The summed E-state index contributed by atoms with van der Waals surface area (Å²) in [4.78, 5) is 4.40. The van der Waals surface area contributed by atoms with Crippen LogP contribution in [0.1, 0.15) is 33.2 Å². The Balaban J connectivity index is 1.47. The maximum absolute atomic E-state index is 13.6. The van der Waals surface area contributed by atoms with Gasteiger partial charge >= 0.3 is 0 Å². The number of rotatable bonds is 6. The first-order valence-corrected chi connectivity index (χ1v) is 13.8. The van der Waals surface area contributed by atoms with Gasteiger partial charge in [0.15, 0.2) is 11.6 Å². The molecule has 0 fully saturated rings. The zero-order valence-electron chi connectivity index (χ0n) is 18.9. The first-order valence-electron chi connectivity index (χ1n) is 11.1. The summed E-state index contributed by atoms with van der Waals surface area (Å²) in [5.74, 6) is -1.28. The number of hydrogen-bond donors (Lipinski definition) is 1. The van der Waals surface area contributed by atoms with Gasteiger partial charge in [-0.2, -0.15) is 8.42 Å². The molecular formula is C27H21F2NO4S2. The van der Waals surface area contributed by atoms with Gasteiger partial charge in [-0.15, -0.1) is 11.8 Å². The normalized spacial score (nSPS) is 15.4. The van der Waals surface area contributed by atoms with E-state index in [1.54, 1.807) is 18.2 Å². The highest BCUT2D eigenvalue weighted by Crippen LogP contribution is 2.44. The third-order valence-electron chi connectivity index (χ3n) is 5.86. The van der Waals surface area contributed by atoms with E-state index in [0.717, 1.165) is 34.4 Å². The van der Waals surface area contributed by atoms with E-state index in [9.17, 15) is 21.8 Å². The van der Waals surface area contributed by atoms with E-state index in [-0.39, 0.29) is 16.8 Å². The molecule has 0 saturated heterocycles. The lowest BCUT2D eigenvalue weighted by Gasteiger charge is -2.19. The molecule has 36 heavy (non-hydrogen) atoms. The van der Waals surface area contributed by atoms with Gasteiger partial charge < -0.3 is 4.74 Å². The van der Waals surface area contributed by atoms with Crippen LogP contribution in [-0.2, 0) is 16.7 Å². The van der Waals surface area contributed by atoms with Crippen molar-refractivity contribution in [3.05, 3.63) is 106 Å². The predicted octanol–water partition coefficient (Wildman–Crippen LogP) is 6.29. The Morgan fingerprint density at radius 3 is 2.64 bits per heavy atom. The SMILES string of the molecule is O=S(=O)(O)CCSC1c2ccccc2COc2ccc(C=Cc3ccc4cc(F)c(F)cc4n3)cc21. The molecule has 0 amide bonds. The first-order chi connectivity index (χ1) is 17.3. The van der Waals surface area contributed by atoms with Crippen LogP contribution in [0.3, 0.4) is 0 Å². The Morgan fingerprint density at radius 1 is 1.00 bits per heavy atom. The molecule has 4 aromatic rings. The lowest BCUT2D eigenvalue weighted by atomic mass is 9.98. The molecule has 3 aromatic carbocycles. The summed E-state index contributed by atoms with van der Waals surface area (Å²) in [5.41, 5.74) is 4.75. The van der Waals surface area contributed by atoms with Gasteiger partial charge in [-0.05, 0) is 47.0 Å². The number of thioether (sulfide) groups is 1. The van der Waals surface area contributed by atoms with Crippen molar-refractivity contribution >= 4 is 44.9 Å². The second-order valence-electron chi connectivity index (χ2n) is 8.35. The van der Waals surface area contributed by atoms with Gasteiger partial charge in [0.05, 0.1) is 22.2 Å². The smallest absolute Gasteiger partial charge is 0.265 e. The molecule has 2 heterocycles. The van der Waals surface area contributed by atoms with Crippen molar-refractivity contribution in [1.29, 1.82) is 0 Å². The van der Waals surface area contributed by atoms with Gasteiger partial charge in [0.2, 0.25) is 0 Å². The van der Waals surface area contributed by atoms with Crippen molar-refractivity contribution in [1.82, 2.24) is 4.98 Å². The monoisotopic (exact) mass is 525 g/mol. The van der Waals surface area contributed by atoms with Gasteiger partial charge in [-0.3, -0.25) is 4.55 Å². The second-order valence-corrected chi connectivity index (χ2v) is 11.1. The van der Waals surface area contributed by atoms with Crippen LogP contribution in [0.2, 0.25) is 0 Å². The number of hydrogen-bond acceptors (Lipinski definition) is 5. The Hall–Kier alpha value is -3.27. The van der Waals surface area contributed by atoms with Crippen LogP contribution < -0.4 is 4.74 Å². The van der Waals surface area contributed by atoms with E-state index in [0.29, 0.717) is 29.0 Å². The van der Waals surface area contributed by atoms with Gasteiger partial charge in [0.1, 0.15) is 12.4 Å². The Bertz CT molecular complexity index is 1590. The minimum atomic E-state index is -4.07. The molecule has 0 radical (unpaired) electrons. The Kier molecular flexibility index (Phi) is 6.79. The van der Waals surface area contributed by atoms with Crippen LogP contribution in [0.15, 0.2) is 66.7 Å². The standard InChI is InChI=1S/C27H21F2NO4S2/c28-23-14-18-7-9-20(30-25(18)15-24(23)29)8-5-17-6-10-26-22(13-17)27(35-11-12-36(31,32)33)21-4-2-1-3-19(21)16-34-26/h1-10,13-15,27H,11-12,16H2,(H,31,32,33). The van der Waals surface area contributed by atoms with E-state index in [1.807, 2.05) is 48.5 Å². The minimum absolute atomic E-state index is 0.189. The summed E-state index contributed by atoms with van der Waals surface area (Å²) in [5, 5.41) is 0.321. The molecule has 5 rings (SSSR count). The quantitative estimate of drug-likeness (QED) is 0.298. The topological polar surface area (TPSA) is 76.5 Å². The lowest BCUT2D eigenvalue weighted by Crippen LogP contribution is -2.08. The molecule has 1 unspecified atom stereocenters. The molecule has 0 bridgehead atoms. The van der Waals surface area contributed by atoms with E-state index in [1.165, 1.54) is 11.8 Å². The fourth-order valence-electron chi connectivity index (χ4n) is 4.11. The number of aromatic nitrogens is 1. The van der Waals surface area contributed by atoms with Crippen LogP contribution in [-0.4, -0.2) is 29.5 Å². The summed E-state index contributed by atoms with van der Waals surface area (Å²) in [6.45, 7) is 0.395. The molecule has 0 saturated carbocycles. The van der Waals surface area contributed by atoms with Crippen LogP contribution in [0.25, 0.3) is 23.1 Å². The summed E-state index contributed by atoms with van der Waals surface area (Å²) < 4.78 is 64.9. The summed E-state index contributed by atoms with van der Waals surface area (Å²) in [6, 6.07) is 19.2. The zero-order valence-corrected chi connectivity index (χ0v) is 20.5. The van der Waals surface area contributed by atoms with E-state index in [4.69, 9.17) is 4.74 Å². The fraction of sp³-hybridized carbons (Fsp3) is 0.148. The zero-order chi connectivity index (χ0) is 25.3. The highest BCUT2D eigenvalue weighted by Gasteiger charge is 2.25. The molecule has 0 spiro atoms. The number of nitrogens with zero attached hydrogens (tertiary/aromatic N) is 1. The first kappa shape index (κ1) is 24.4.